The minimum absolute atomic E-state index is 0.331. The van der Waals surface area contributed by atoms with Crippen LogP contribution in [-0.4, -0.2) is 45.9 Å². The molecule has 3 aromatic rings. The minimum atomic E-state index is -3.72. The van der Waals surface area contributed by atoms with Crippen LogP contribution in [0.2, 0.25) is 0 Å². The fraction of sp³-hybridized carbons (Fsp3) is 0.395. The number of anilines is 1. The summed E-state index contributed by atoms with van der Waals surface area (Å²) in [5.74, 6) is 0. The largest absolute Gasteiger partial charge is 0.371 e. The molecule has 6 heteroatoms. The molecule has 0 spiro atoms. The van der Waals surface area contributed by atoms with E-state index in [1.807, 2.05) is 6.07 Å². The van der Waals surface area contributed by atoms with Crippen LogP contribution >= 0.6 is 0 Å². The van der Waals surface area contributed by atoms with E-state index in [-0.39, 0.29) is 0 Å². The predicted molar refractivity (Wildman–Crippen MR) is 179 cm³/mol. The molecule has 5 aliphatic rings. The van der Waals surface area contributed by atoms with Crippen molar-refractivity contribution in [1.29, 1.82) is 0 Å². The molecule has 226 valence electrons. The van der Waals surface area contributed by atoms with Crippen LogP contribution in [0.25, 0.3) is 12.2 Å². The Morgan fingerprint density at radius 3 is 2.05 bits per heavy atom. The summed E-state index contributed by atoms with van der Waals surface area (Å²) >= 11 is 0. The SMILES string of the molecule is CN(C1=C(C=c2cc3c4c(c2)CCC[N+]=4CCC3)CC/C1=C\c1cc2c3c(c1)CCCN3CCC2)S(=O)(=O)c1ccccc1. The first-order chi connectivity index (χ1) is 21.5. The summed E-state index contributed by atoms with van der Waals surface area (Å²) in [7, 11) is -1.98. The van der Waals surface area contributed by atoms with Gasteiger partial charge in [-0.15, -0.1) is 0 Å². The zero-order valence-corrected chi connectivity index (χ0v) is 26.6. The van der Waals surface area contributed by atoms with E-state index < -0.39 is 10.0 Å². The monoisotopic (exact) mass is 604 g/mol. The van der Waals surface area contributed by atoms with Crippen LogP contribution in [0.5, 0.6) is 0 Å². The molecular weight excluding hydrogens is 563 g/mol. The fourth-order valence-electron chi connectivity index (χ4n) is 8.50. The van der Waals surface area contributed by atoms with Gasteiger partial charge in [0.05, 0.1) is 10.6 Å². The molecule has 0 radical (unpaired) electrons. The number of allylic oxidation sites excluding steroid dienone is 2. The zero-order valence-electron chi connectivity index (χ0n) is 25.8. The van der Waals surface area contributed by atoms with Gasteiger partial charge >= 0.3 is 0 Å². The van der Waals surface area contributed by atoms with E-state index in [1.165, 1.54) is 69.8 Å². The van der Waals surface area contributed by atoms with Crippen molar-refractivity contribution in [2.75, 3.05) is 38.1 Å². The van der Waals surface area contributed by atoms with Crippen LogP contribution in [0.3, 0.4) is 0 Å². The van der Waals surface area contributed by atoms with E-state index in [2.05, 4.69) is 45.9 Å². The first-order valence-electron chi connectivity index (χ1n) is 16.6. The summed E-state index contributed by atoms with van der Waals surface area (Å²) in [6.07, 6.45) is 15.5. The standard InChI is InChI=1S/C38H42N3O2S/c1-39(44(42,43)35-13-3-2-4-14-35)36-33(25-27-21-29-9-5-17-40-18-6-10-30(22-27)37(29)40)15-16-34(36)26-28-23-31-11-7-19-41-20-8-12-32(24-28)38(31)41/h2-4,13-14,21-26H,5-12,15-20H2,1H3/q+1. The van der Waals surface area contributed by atoms with Gasteiger partial charge in [0.2, 0.25) is 5.36 Å². The van der Waals surface area contributed by atoms with Gasteiger partial charge in [-0.25, -0.2) is 13.0 Å². The Morgan fingerprint density at radius 1 is 0.750 bits per heavy atom. The van der Waals surface area contributed by atoms with E-state index in [0.717, 1.165) is 81.5 Å². The highest BCUT2D eigenvalue weighted by Gasteiger charge is 2.31. The quantitative estimate of drug-likeness (QED) is 0.385. The summed E-state index contributed by atoms with van der Waals surface area (Å²) in [6.45, 7) is 4.66. The van der Waals surface area contributed by atoms with Crippen molar-refractivity contribution in [2.24, 2.45) is 0 Å². The van der Waals surface area contributed by atoms with E-state index >= 15 is 0 Å². The molecular formula is C38H42N3O2S+. The van der Waals surface area contributed by atoms with Crippen LogP contribution in [0.15, 0.2) is 76.3 Å². The van der Waals surface area contributed by atoms with Crippen molar-refractivity contribution >= 4 is 27.9 Å². The maximum Gasteiger partial charge on any atom is 0.264 e. The number of rotatable bonds is 5. The Kier molecular flexibility index (Phi) is 7.01. The lowest BCUT2D eigenvalue weighted by Crippen LogP contribution is -2.44. The van der Waals surface area contributed by atoms with Crippen molar-refractivity contribution in [3.05, 3.63) is 110 Å². The fourth-order valence-corrected chi connectivity index (χ4v) is 9.79. The maximum absolute atomic E-state index is 14.0. The van der Waals surface area contributed by atoms with Crippen molar-refractivity contribution in [3.63, 3.8) is 0 Å². The lowest BCUT2D eigenvalue weighted by Gasteiger charge is -2.37. The third kappa shape index (κ3) is 4.82. The number of nitrogens with zero attached hydrogens (tertiary/aromatic N) is 3. The normalized spacial score (nSPS) is 20.1. The number of benzene rings is 3. The highest BCUT2D eigenvalue weighted by Crippen LogP contribution is 2.40. The molecule has 3 aromatic carbocycles. The van der Waals surface area contributed by atoms with Crippen LogP contribution in [-0.2, 0) is 35.7 Å². The topological polar surface area (TPSA) is 43.6 Å². The molecule has 44 heavy (non-hydrogen) atoms. The second-order valence-electron chi connectivity index (χ2n) is 13.2. The highest BCUT2D eigenvalue weighted by atomic mass is 32.2. The van der Waals surface area contributed by atoms with Gasteiger partial charge in [-0.2, -0.15) is 0 Å². The smallest absolute Gasteiger partial charge is 0.264 e. The van der Waals surface area contributed by atoms with E-state index in [9.17, 15) is 8.42 Å². The molecule has 4 heterocycles. The molecule has 0 N–H and O–H groups in total. The minimum Gasteiger partial charge on any atom is -0.371 e. The number of hydrogen-bond acceptors (Lipinski definition) is 3. The van der Waals surface area contributed by atoms with Crippen LogP contribution in [0, 0.1) is 0 Å². The Hall–Kier alpha value is -3.64. The van der Waals surface area contributed by atoms with Gasteiger partial charge in [0.15, 0.2) is 0 Å². The average Bonchev–Trinajstić information content (AvgIpc) is 3.42. The Morgan fingerprint density at radius 2 is 1.39 bits per heavy atom. The summed E-state index contributed by atoms with van der Waals surface area (Å²) in [5, 5.41) is 2.68. The first kappa shape index (κ1) is 27.9. The molecule has 0 amide bonds. The molecule has 0 saturated heterocycles. The second kappa shape index (κ2) is 11.1. The molecule has 0 bridgehead atoms. The third-order valence-electron chi connectivity index (χ3n) is 10.4. The van der Waals surface area contributed by atoms with Crippen LogP contribution in [0.1, 0.15) is 66.3 Å². The summed E-state index contributed by atoms with van der Waals surface area (Å²) in [5.41, 5.74) is 11.6. The van der Waals surface area contributed by atoms with Gasteiger partial charge in [-0.1, -0.05) is 18.2 Å². The molecule has 0 unspecified atom stereocenters. The number of likely N-dealkylation sites (N-methyl/N-ethyl adjacent to an activating group) is 1. The third-order valence-corrected chi connectivity index (χ3v) is 12.2. The summed E-state index contributed by atoms with van der Waals surface area (Å²) in [4.78, 5) is 2.91. The van der Waals surface area contributed by atoms with Crippen molar-refractivity contribution < 1.29 is 8.42 Å². The molecule has 8 rings (SSSR count). The van der Waals surface area contributed by atoms with E-state index in [4.69, 9.17) is 0 Å². The van der Waals surface area contributed by atoms with Gasteiger partial charge in [0.1, 0.15) is 13.1 Å². The molecule has 0 fully saturated rings. The van der Waals surface area contributed by atoms with Gasteiger partial charge in [-0.05, 0) is 133 Å². The van der Waals surface area contributed by atoms with Gasteiger partial charge < -0.3 is 4.90 Å². The molecule has 0 atom stereocenters. The Balaban J connectivity index is 1.28. The van der Waals surface area contributed by atoms with Gasteiger partial charge in [-0.3, -0.25) is 4.31 Å². The van der Waals surface area contributed by atoms with Crippen molar-refractivity contribution in [1.82, 2.24) is 8.88 Å². The second-order valence-corrected chi connectivity index (χ2v) is 15.2. The highest BCUT2D eigenvalue weighted by molar-refractivity contribution is 7.89. The maximum atomic E-state index is 14.0. The number of aryl methyl sites for hydroxylation is 4. The first-order valence-corrected chi connectivity index (χ1v) is 18.0. The molecule has 5 nitrogen and oxygen atoms in total. The predicted octanol–water partition coefficient (Wildman–Crippen LogP) is 5.00. The number of hydrogen-bond donors (Lipinski definition) is 0. The number of sulfonamides is 1. The summed E-state index contributed by atoms with van der Waals surface area (Å²) in [6, 6.07) is 18.4. The Labute approximate surface area is 261 Å². The lowest BCUT2D eigenvalue weighted by atomic mass is 9.89. The summed E-state index contributed by atoms with van der Waals surface area (Å²) < 4.78 is 32.2. The Bertz CT molecular complexity index is 1890. The molecule has 0 aromatic heterocycles. The average molecular weight is 605 g/mol. The molecule has 1 aliphatic carbocycles. The van der Waals surface area contributed by atoms with E-state index in [0.29, 0.717) is 4.90 Å². The van der Waals surface area contributed by atoms with Gasteiger partial charge in [0, 0.05) is 49.8 Å². The van der Waals surface area contributed by atoms with Crippen molar-refractivity contribution in [2.45, 2.75) is 69.1 Å². The molecule has 0 saturated carbocycles. The van der Waals surface area contributed by atoms with Crippen LogP contribution in [0.4, 0.5) is 5.69 Å². The lowest BCUT2D eigenvalue weighted by molar-refractivity contribution is 0.480. The molecule has 4 aliphatic heterocycles. The van der Waals surface area contributed by atoms with E-state index in [1.54, 1.807) is 35.6 Å². The van der Waals surface area contributed by atoms with Crippen molar-refractivity contribution in [3.8, 4) is 0 Å². The van der Waals surface area contributed by atoms with Crippen LogP contribution < -0.4 is 20.1 Å². The zero-order chi connectivity index (χ0) is 29.8. The van der Waals surface area contributed by atoms with Gasteiger partial charge in [0.25, 0.3) is 10.0 Å².